The van der Waals surface area contributed by atoms with E-state index in [0.717, 1.165) is 12.2 Å². The Morgan fingerprint density at radius 2 is 1.79 bits per heavy atom. The Hall–Kier alpha value is -1.76. The Kier molecular flexibility index (Phi) is 2.85. The van der Waals surface area contributed by atoms with Crippen molar-refractivity contribution in [2.24, 2.45) is 0 Å². The molecule has 0 N–H and O–H groups in total. The molecule has 0 spiro atoms. The van der Waals surface area contributed by atoms with Gasteiger partial charge in [0.1, 0.15) is 5.75 Å². The molecule has 2 aromatic rings. The third kappa shape index (κ3) is 1.94. The number of aryl methyl sites for hydroxylation is 1. The summed E-state index contributed by atoms with van der Waals surface area (Å²) in [5.41, 5.74) is 8.09. The van der Waals surface area contributed by atoms with E-state index in [1.807, 2.05) is 0 Å². The third-order valence-corrected chi connectivity index (χ3v) is 3.92. The molecule has 0 heterocycles. The third-order valence-electron chi connectivity index (χ3n) is 3.92. The lowest BCUT2D eigenvalue weighted by atomic mass is 9.98. The van der Waals surface area contributed by atoms with Crippen LogP contribution in [0.1, 0.15) is 36.1 Å². The van der Waals surface area contributed by atoms with E-state index in [0.29, 0.717) is 0 Å². The number of fused-ring (bicyclic) bond motifs is 3. The summed E-state index contributed by atoms with van der Waals surface area (Å²) in [5.74, 6) is 1.10. The first-order valence-corrected chi connectivity index (χ1v) is 6.96. The number of rotatable bonds is 2. The molecule has 1 aliphatic rings. The standard InChI is InChI=1S/C18H20O/c1-11(2)19-18-13(4)12(3)9-16-15-8-6-5-7-14(15)10-17(16)18/h5-9,11H,10H2,1-4H3. The van der Waals surface area contributed by atoms with Gasteiger partial charge in [0.15, 0.2) is 0 Å². The smallest absolute Gasteiger partial charge is 0.126 e. The monoisotopic (exact) mass is 252 g/mol. The predicted molar refractivity (Wildman–Crippen MR) is 79.9 cm³/mol. The molecule has 0 saturated heterocycles. The summed E-state index contributed by atoms with van der Waals surface area (Å²) in [5, 5.41) is 0. The minimum Gasteiger partial charge on any atom is -0.490 e. The van der Waals surface area contributed by atoms with E-state index in [4.69, 9.17) is 4.74 Å². The van der Waals surface area contributed by atoms with Crippen molar-refractivity contribution >= 4 is 0 Å². The van der Waals surface area contributed by atoms with Crippen molar-refractivity contribution < 1.29 is 4.74 Å². The molecule has 0 unspecified atom stereocenters. The van der Waals surface area contributed by atoms with Crippen LogP contribution >= 0.6 is 0 Å². The van der Waals surface area contributed by atoms with E-state index in [-0.39, 0.29) is 6.10 Å². The molecule has 2 aromatic carbocycles. The molecule has 0 atom stereocenters. The van der Waals surface area contributed by atoms with Crippen LogP contribution in [-0.2, 0) is 6.42 Å². The normalized spacial score (nSPS) is 12.5. The van der Waals surface area contributed by atoms with Gasteiger partial charge in [-0.15, -0.1) is 0 Å². The molecule has 0 radical (unpaired) electrons. The number of benzene rings is 2. The Bertz CT molecular complexity index is 638. The molecule has 0 amide bonds. The largest absolute Gasteiger partial charge is 0.490 e. The Balaban J connectivity index is 2.22. The lowest BCUT2D eigenvalue weighted by Gasteiger charge is -2.18. The summed E-state index contributed by atoms with van der Waals surface area (Å²) in [4.78, 5) is 0. The maximum absolute atomic E-state index is 6.10. The fourth-order valence-corrected chi connectivity index (χ4v) is 2.88. The van der Waals surface area contributed by atoms with Gasteiger partial charge in [-0.3, -0.25) is 0 Å². The fourth-order valence-electron chi connectivity index (χ4n) is 2.88. The maximum Gasteiger partial charge on any atom is 0.126 e. The zero-order chi connectivity index (χ0) is 13.6. The van der Waals surface area contributed by atoms with Crippen LogP contribution in [0, 0.1) is 13.8 Å². The number of hydrogen-bond donors (Lipinski definition) is 0. The second-order valence-corrected chi connectivity index (χ2v) is 5.67. The topological polar surface area (TPSA) is 9.23 Å². The molecular weight excluding hydrogens is 232 g/mol. The first kappa shape index (κ1) is 12.3. The quantitative estimate of drug-likeness (QED) is 0.644. The highest BCUT2D eigenvalue weighted by molar-refractivity contribution is 5.80. The molecule has 19 heavy (non-hydrogen) atoms. The van der Waals surface area contributed by atoms with Crippen LogP contribution in [0.15, 0.2) is 30.3 Å². The van der Waals surface area contributed by atoms with Gasteiger partial charge in [-0.05, 0) is 55.5 Å². The molecule has 1 nitrogen and oxygen atoms in total. The van der Waals surface area contributed by atoms with Gasteiger partial charge in [0.2, 0.25) is 0 Å². The number of ether oxygens (including phenoxy) is 1. The van der Waals surface area contributed by atoms with Gasteiger partial charge in [-0.2, -0.15) is 0 Å². The molecule has 3 rings (SSSR count). The summed E-state index contributed by atoms with van der Waals surface area (Å²) in [6.45, 7) is 8.52. The molecule has 1 heteroatoms. The van der Waals surface area contributed by atoms with Crippen molar-refractivity contribution in [1.82, 2.24) is 0 Å². The SMILES string of the molecule is Cc1cc2c(c(OC(C)C)c1C)Cc1ccccc1-2. The van der Waals surface area contributed by atoms with Crippen LogP contribution in [0.25, 0.3) is 11.1 Å². The average Bonchev–Trinajstić information content (AvgIpc) is 2.73. The molecule has 0 bridgehead atoms. The first-order valence-electron chi connectivity index (χ1n) is 6.96. The van der Waals surface area contributed by atoms with Gasteiger partial charge in [0.25, 0.3) is 0 Å². The van der Waals surface area contributed by atoms with Crippen molar-refractivity contribution in [2.45, 2.75) is 40.2 Å². The van der Waals surface area contributed by atoms with E-state index in [1.54, 1.807) is 0 Å². The van der Waals surface area contributed by atoms with Crippen molar-refractivity contribution in [1.29, 1.82) is 0 Å². The highest BCUT2D eigenvalue weighted by Crippen LogP contribution is 2.44. The summed E-state index contributed by atoms with van der Waals surface area (Å²) in [6.07, 6.45) is 1.21. The Labute approximate surface area is 115 Å². The van der Waals surface area contributed by atoms with Crippen LogP contribution < -0.4 is 4.74 Å². The van der Waals surface area contributed by atoms with E-state index >= 15 is 0 Å². The lowest BCUT2D eigenvalue weighted by molar-refractivity contribution is 0.239. The van der Waals surface area contributed by atoms with Crippen molar-refractivity contribution in [2.75, 3.05) is 0 Å². The number of hydrogen-bond acceptors (Lipinski definition) is 1. The van der Waals surface area contributed by atoms with Crippen LogP contribution in [0.5, 0.6) is 5.75 Å². The molecule has 0 saturated carbocycles. The highest BCUT2D eigenvalue weighted by Gasteiger charge is 2.24. The molecule has 98 valence electrons. The van der Waals surface area contributed by atoms with Gasteiger partial charge < -0.3 is 4.74 Å². The van der Waals surface area contributed by atoms with Crippen molar-refractivity contribution in [3.05, 3.63) is 52.6 Å². The van der Waals surface area contributed by atoms with Gasteiger partial charge in [0, 0.05) is 12.0 Å². The summed E-state index contributed by atoms with van der Waals surface area (Å²) in [7, 11) is 0. The van der Waals surface area contributed by atoms with Gasteiger partial charge in [-0.1, -0.05) is 30.3 Å². The second kappa shape index (κ2) is 4.41. The Morgan fingerprint density at radius 3 is 2.53 bits per heavy atom. The van der Waals surface area contributed by atoms with E-state index < -0.39 is 0 Å². The zero-order valence-corrected chi connectivity index (χ0v) is 12.1. The second-order valence-electron chi connectivity index (χ2n) is 5.67. The highest BCUT2D eigenvalue weighted by atomic mass is 16.5. The fraction of sp³-hybridized carbons (Fsp3) is 0.333. The van der Waals surface area contributed by atoms with E-state index in [9.17, 15) is 0 Å². The molecular formula is C18H20O. The lowest BCUT2D eigenvalue weighted by Crippen LogP contribution is -2.09. The minimum atomic E-state index is 0.216. The molecule has 0 aliphatic heterocycles. The maximum atomic E-state index is 6.10. The van der Waals surface area contributed by atoms with E-state index in [2.05, 4.69) is 58.0 Å². The molecule has 0 aromatic heterocycles. The Morgan fingerprint density at radius 1 is 1.05 bits per heavy atom. The first-order chi connectivity index (χ1) is 9.08. The van der Waals surface area contributed by atoms with Crippen LogP contribution in [0.3, 0.4) is 0 Å². The average molecular weight is 252 g/mol. The molecule has 1 aliphatic carbocycles. The van der Waals surface area contributed by atoms with Gasteiger partial charge >= 0.3 is 0 Å². The van der Waals surface area contributed by atoms with Crippen LogP contribution in [0.2, 0.25) is 0 Å². The van der Waals surface area contributed by atoms with Crippen molar-refractivity contribution in [3.63, 3.8) is 0 Å². The van der Waals surface area contributed by atoms with Crippen molar-refractivity contribution in [3.8, 4) is 16.9 Å². The van der Waals surface area contributed by atoms with Gasteiger partial charge in [-0.25, -0.2) is 0 Å². The summed E-state index contributed by atoms with van der Waals surface area (Å²) < 4.78 is 6.10. The minimum absolute atomic E-state index is 0.216. The van der Waals surface area contributed by atoms with Crippen LogP contribution in [-0.4, -0.2) is 6.10 Å². The van der Waals surface area contributed by atoms with Crippen LogP contribution in [0.4, 0.5) is 0 Å². The zero-order valence-electron chi connectivity index (χ0n) is 12.1. The predicted octanol–water partition coefficient (Wildman–Crippen LogP) is 4.66. The molecule has 0 fully saturated rings. The summed E-state index contributed by atoms with van der Waals surface area (Å²) in [6, 6.07) is 11.0. The summed E-state index contributed by atoms with van der Waals surface area (Å²) >= 11 is 0. The van der Waals surface area contributed by atoms with E-state index in [1.165, 1.54) is 33.4 Å². The van der Waals surface area contributed by atoms with Gasteiger partial charge in [0.05, 0.1) is 6.10 Å².